The minimum atomic E-state index is -3.14. The van der Waals surface area contributed by atoms with E-state index in [-0.39, 0.29) is 0 Å². The quantitative estimate of drug-likeness (QED) is 0.147. The maximum absolute atomic E-state index is 14.4. The van der Waals surface area contributed by atoms with Crippen LogP contribution in [0.25, 0.3) is 0 Å². The first kappa shape index (κ1) is 30.0. The van der Waals surface area contributed by atoms with Crippen molar-refractivity contribution >= 4 is 21.3 Å². The second-order valence-electron chi connectivity index (χ2n) is 9.90. The molecule has 0 amide bonds. The molecule has 0 aliphatic heterocycles. The number of hydrogen-bond acceptors (Lipinski definition) is 3. The van der Waals surface area contributed by atoms with Gasteiger partial charge in [-0.05, 0) is 0 Å². The van der Waals surface area contributed by atoms with Gasteiger partial charge in [0.05, 0.1) is 0 Å². The van der Waals surface area contributed by atoms with Crippen molar-refractivity contribution in [1.82, 2.24) is 0 Å². The molecule has 0 aliphatic rings. The summed E-state index contributed by atoms with van der Waals surface area (Å²) in [6.45, 7) is 15.2. The van der Waals surface area contributed by atoms with Crippen LogP contribution in [0.1, 0.15) is 93.4 Å². The van der Waals surface area contributed by atoms with E-state index in [1.165, 1.54) is 32.1 Å². The third-order valence-electron chi connectivity index (χ3n) is 8.15. The van der Waals surface area contributed by atoms with Crippen LogP contribution in [0, 0.1) is 0 Å². The fraction of sp³-hybridized carbons (Fsp3) is 1.00. The van der Waals surface area contributed by atoms with Crippen LogP contribution >= 0.6 is 21.3 Å². The first-order chi connectivity index (χ1) is 13.4. The van der Waals surface area contributed by atoms with E-state index in [1.807, 2.05) is 0 Å². The summed E-state index contributed by atoms with van der Waals surface area (Å²) in [4.78, 5) is 0. The molecular weight excluding hydrogens is 417 g/mol. The van der Waals surface area contributed by atoms with Crippen molar-refractivity contribution in [3.8, 4) is 0 Å². The van der Waals surface area contributed by atoms with Crippen LogP contribution in [0.4, 0.5) is 0 Å². The molecule has 0 spiro atoms. The molecule has 6 heteroatoms. The molecule has 0 saturated carbocycles. The molecule has 0 aromatic carbocycles. The molecular formula is C23H55O3P3. The molecule has 0 heterocycles. The molecule has 0 rings (SSSR count). The maximum atomic E-state index is 14.4. The Morgan fingerprint density at radius 2 is 0.862 bits per heavy atom. The van der Waals surface area contributed by atoms with Crippen molar-refractivity contribution < 1.29 is 13.2 Å². The van der Waals surface area contributed by atoms with E-state index in [2.05, 4.69) is 61.8 Å². The monoisotopic (exact) mass is 472 g/mol. The summed E-state index contributed by atoms with van der Waals surface area (Å²) in [6.07, 6.45) is 15.0. The van der Waals surface area contributed by atoms with Crippen LogP contribution in [0.3, 0.4) is 0 Å². The molecule has 0 atom stereocenters. The van der Waals surface area contributed by atoms with Gasteiger partial charge < -0.3 is 0 Å². The Kier molecular flexibility index (Phi) is 12.7. The zero-order valence-electron chi connectivity index (χ0n) is 21.5. The third-order valence-corrected chi connectivity index (χ3v) is 25.8. The van der Waals surface area contributed by atoms with Gasteiger partial charge in [0.25, 0.3) is 0 Å². The Labute approximate surface area is 184 Å². The van der Waals surface area contributed by atoms with E-state index in [0.717, 1.165) is 49.8 Å². The van der Waals surface area contributed by atoms with E-state index in [9.17, 15) is 4.57 Å². The number of rotatable bonds is 18. The summed E-state index contributed by atoms with van der Waals surface area (Å²) in [6, 6.07) is 0. The Bertz CT molecular complexity index is 457. The predicted molar refractivity (Wildman–Crippen MR) is 142 cm³/mol. The molecule has 0 aliphatic carbocycles. The predicted octanol–water partition coefficient (Wildman–Crippen LogP) is 9.28. The Morgan fingerprint density at radius 3 is 1.17 bits per heavy atom. The standard InChI is InChI=1S/C23H55O3P3/c1-10-17-18-19-20-21-22-23-27(24,25-28(8,11-2,12-3)13-4)26-29(9,14-5,15-6)16-7/h10-23H2,1-9H3. The number of unbranched alkanes of at least 4 members (excludes halogenated alkanes) is 6. The van der Waals surface area contributed by atoms with Gasteiger partial charge in [0.2, 0.25) is 0 Å². The first-order valence-electron chi connectivity index (χ1n) is 12.5. The van der Waals surface area contributed by atoms with Crippen molar-refractivity contribution in [2.24, 2.45) is 0 Å². The van der Waals surface area contributed by atoms with Crippen LogP contribution in [0.15, 0.2) is 0 Å². The minimum absolute atomic E-state index is 0.595. The van der Waals surface area contributed by atoms with Crippen molar-refractivity contribution in [2.75, 3.05) is 56.5 Å². The van der Waals surface area contributed by atoms with Gasteiger partial charge in [-0.2, -0.15) is 0 Å². The summed E-state index contributed by atoms with van der Waals surface area (Å²) in [5.74, 6) is 0. The van der Waals surface area contributed by atoms with Crippen LogP contribution < -0.4 is 0 Å². The fourth-order valence-corrected chi connectivity index (χ4v) is 17.1. The summed E-state index contributed by atoms with van der Waals surface area (Å²) < 4.78 is 28.0. The third kappa shape index (κ3) is 8.81. The molecule has 0 bridgehead atoms. The molecule has 180 valence electrons. The molecule has 0 N–H and O–H groups in total. The van der Waals surface area contributed by atoms with Crippen molar-refractivity contribution in [3.63, 3.8) is 0 Å². The first-order valence-corrected chi connectivity index (χ1v) is 20.5. The molecule has 0 unspecified atom stereocenters. The van der Waals surface area contributed by atoms with Crippen LogP contribution in [-0.2, 0) is 13.2 Å². The summed E-state index contributed by atoms with van der Waals surface area (Å²) in [5.41, 5.74) is 0. The Balaban J connectivity index is 5.57. The van der Waals surface area contributed by atoms with Crippen LogP contribution in [-0.4, -0.2) is 56.5 Å². The molecule has 0 aromatic heterocycles. The van der Waals surface area contributed by atoms with Gasteiger partial charge in [-0.1, -0.05) is 0 Å². The fourth-order valence-electron chi connectivity index (χ4n) is 3.82. The van der Waals surface area contributed by atoms with E-state index in [4.69, 9.17) is 8.62 Å². The van der Waals surface area contributed by atoms with Gasteiger partial charge in [-0.25, -0.2) is 0 Å². The number of hydrogen-bond donors (Lipinski definition) is 0. The van der Waals surface area contributed by atoms with Crippen molar-refractivity contribution in [3.05, 3.63) is 0 Å². The zero-order chi connectivity index (χ0) is 22.7. The van der Waals surface area contributed by atoms with Crippen LogP contribution in [0.2, 0.25) is 0 Å². The Morgan fingerprint density at radius 1 is 0.552 bits per heavy atom. The van der Waals surface area contributed by atoms with Gasteiger partial charge in [-0.3, -0.25) is 0 Å². The van der Waals surface area contributed by atoms with Crippen molar-refractivity contribution in [2.45, 2.75) is 93.4 Å². The van der Waals surface area contributed by atoms with E-state index < -0.39 is 21.3 Å². The molecule has 0 fully saturated rings. The molecule has 0 saturated heterocycles. The normalized spacial score (nSPS) is 17.8. The SMILES string of the molecule is CCCCCCCCCP(=O)(OP(C)(CC)(CC)CC)OP(C)(CC)(CC)CC. The van der Waals surface area contributed by atoms with Gasteiger partial charge in [0.1, 0.15) is 0 Å². The van der Waals surface area contributed by atoms with Gasteiger partial charge in [-0.15, -0.1) is 0 Å². The van der Waals surface area contributed by atoms with E-state index in [1.54, 1.807) is 0 Å². The van der Waals surface area contributed by atoms with Crippen molar-refractivity contribution in [1.29, 1.82) is 0 Å². The summed E-state index contributed by atoms with van der Waals surface area (Å²) in [5, 5.41) is 0. The summed E-state index contributed by atoms with van der Waals surface area (Å²) >= 11 is 0. The summed E-state index contributed by atoms with van der Waals surface area (Å²) in [7, 11) is -3.14. The second kappa shape index (κ2) is 12.3. The molecule has 29 heavy (non-hydrogen) atoms. The van der Waals surface area contributed by atoms with Gasteiger partial charge in [0.15, 0.2) is 0 Å². The molecule has 0 radical (unpaired) electrons. The average Bonchev–Trinajstić information content (AvgIpc) is 2.73. The zero-order valence-corrected chi connectivity index (χ0v) is 24.1. The average molecular weight is 473 g/mol. The molecule has 3 nitrogen and oxygen atoms in total. The topological polar surface area (TPSA) is 35.5 Å². The van der Waals surface area contributed by atoms with Crippen LogP contribution in [0.5, 0.6) is 0 Å². The van der Waals surface area contributed by atoms with Gasteiger partial charge >= 0.3 is 184 Å². The molecule has 0 aromatic rings. The van der Waals surface area contributed by atoms with E-state index in [0.29, 0.717) is 6.16 Å². The second-order valence-corrected chi connectivity index (χ2v) is 25.4. The van der Waals surface area contributed by atoms with E-state index >= 15 is 0 Å². The van der Waals surface area contributed by atoms with Gasteiger partial charge in [0, 0.05) is 0 Å². The Hall–Kier alpha value is 1.01.